The number of non-ortho nitro benzene ring substituents is 1. The maximum atomic E-state index is 11.7. The van der Waals surface area contributed by atoms with E-state index in [-0.39, 0.29) is 28.2 Å². The molecule has 9 nitrogen and oxygen atoms in total. The number of carbonyl (C=O) groups is 2. The third-order valence-electron chi connectivity index (χ3n) is 3.38. The Morgan fingerprint density at radius 2 is 1.96 bits per heavy atom. The van der Waals surface area contributed by atoms with E-state index in [9.17, 15) is 19.7 Å². The van der Waals surface area contributed by atoms with Crippen molar-refractivity contribution in [2.45, 2.75) is 25.3 Å². The topological polar surface area (TPSA) is 134 Å². The maximum Gasteiger partial charge on any atom is 0.340 e. The zero-order valence-corrected chi connectivity index (χ0v) is 15.7. The second-order valence-electron chi connectivity index (χ2n) is 5.03. The lowest BCUT2D eigenvalue weighted by atomic mass is 10.1. The highest BCUT2D eigenvalue weighted by atomic mass is 79.9. The summed E-state index contributed by atoms with van der Waals surface area (Å²) >= 11 is 0. The van der Waals surface area contributed by atoms with Crippen LogP contribution in [0.3, 0.4) is 0 Å². The highest BCUT2D eigenvalue weighted by Crippen LogP contribution is 2.23. The summed E-state index contributed by atoms with van der Waals surface area (Å²) in [5, 5.41) is 13.8. The molecule has 1 aromatic rings. The first-order chi connectivity index (χ1) is 11.4. The Labute approximate surface area is 155 Å². The molecule has 0 saturated carbocycles. The Kier molecular flexibility index (Phi) is 10.4. The summed E-state index contributed by atoms with van der Waals surface area (Å²) in [6.07, 6.45) is 1.87. The predicted octanol–water partition coefficient (Wildman–Crippen LogP) is 2.04. The van der Waals surface area contributed by atoms with Gasteiger partial charge in [0.15, 0.2) is 0 Å². The normalized spacial score (nSPS) is 11.0. The summed E-state index contributed by atoms with van der Waals surface area (Å²) in [5.74, 6) is -1.11. The first-order valence-corrected chi connectivity index (χ1v) is 7.34. The van der Waals surface area contributed by atoms with E-state index in [0.29, 0.717) is 31.5 Å². The summed E-state index contributed by atoms with van der Waals surface area (Å²) in [6.45, 7) is 0.510. The van der Waals surface area contributed by atoms with Crippen LogP contribution in [-0.2, 0) is 14.3 Å². The number of hydrogen-bond acceptors (Lipinski definition) is 8. The molecule has 0 amide bonds. The van der Waals surface area contributed by atoms with Crippen molar-refractivity contribution in [2.24, 2.45) is 5.73 Å². The number of nitrogens with one attached hydrogen (secondary N) is 1. The molecule has 140 valence electrons. The van der Waals surface area contributed by atoms with Gasteiger partial charge >= 0.3 is 11.9 Å². The molecule has 0 fully saturated rings. The first kappa shape index (κ1) is 22.8. The predicted molar refractivity (Wildman–Crippen MR) is 97.1 cm³/mol. The van der Waals surface area contributed by atoms with Crippen LogP contribution in [0.2, 0.25) is 0 Å². The fourth-order valence-electron chi connectivity index (χ4n) is 2.06. The number of methoxy groups -OCH3 is 2. The molecule has 0 saturated heterocycles. The summed E-state index contributed by atoms with van der Waals surface area (Å²) in [4.78, 5) is 33.1. The average Bonchev–Trinajstić information content (AvgIpc) is 2.59. The molecular formula is C15H22BrN3O6. The fourth-order valence-corrected chi connectivity index (χ4v) is 2.06. The van der Waals surface area contributed by atoms with Crippen molar-refractivity contribution in [1.82, 2.24) is 0 Å². The summed E-state index contributed by atoms with van der Waals surface area (Å²) < 4.78 is 9.18. The number of carbonyl (C=O) groups excluding carboxylic acids is 2. The van der Waals surface area contributed by atoms with Gasteiger partial charge in [0.1, 0.15) is 6.04 Å². The van der Waals surface area contributed by atoms with E-state index in [2.05, 4.69) is 14.8 Å². The van der Waals surface area contributed by atoms with Gasteiger partial charge in [0.2, 0.25) is 0 Å². The van der Waals surface area contributed by atoms with Crippen LogP contribution < -0.4 is 11.1 Å². The fraction of sp³-hybridized carbons (Fsp3) is 0.467. The molecule has 25 heavy (non-hydrogen) atoms. The smallest absolute Gasteiger partial charge is 0.340 e. The van der Waals surface area contributed by atoms with Crippen LogP contribution in [-0.4, -0.2) is 43.7 Å². The summed E-state index contributed by atoms with van der Waals surface area (Å²) in [5.41, 5.74) is 5.98. The van der Waals surface area contributed by atoms with Crippen molar-refractivity contribution in [1.29, 1.82) is 0 Å². The lowest BCUT2D eigenvalue weighted by Crippen LogP contribution is -2.31. The molecule has 0 aliphatic carbocycles. The van der Waals surface area contributed by atoms with Gasteiger partial charge in [0, 0.05) is 24.4 Å². The minimum Gasteiger partial charge on any atom is -0.468 e. The van der Waals surface area contributed by atoms with Crippen LogP contribution in [0, 0.1) is 10.1 Å². The second kappa shape index (κ2) is 11.4. The van der Waals surface area contributed by atoms with Crippen molar-refractivity contribution >= 4 is 40.3 Å². The molecule has 0 unspecified atom stereocenters. The number of halogens is 1. The van der Waals surface area contributed by atoms with Gasteiger partial charge in [0.05, 0.1) is 24.7 Å². The molecular weight excluding hydrogens is 398 g/mol. The van der Waals surface area contributed by atoms with Gasteiger partial charge in [-0.1, -0.05) is 0 Å². The highest BCUT2D eigenvalue weighted by molar-refractivity contribution is 8.93. The molecule has 3 N–H and O–H groups in total. The van der Waals surface area contributed by atoms with Gasteiger partial charge in [-0.2, -0.15) is 0 Å². The van der Waals surface area contributed by atoms with E-state index in [1.54, 1.807) is 0 Å². The number of nitro groups is 1. The Hall–Kier alpha value is -2.20. The van der Waals surface area contributed by atoms with Gasteiger partial charge < -0.3 is 20.5 Å². The quantitative estimate of drug-likeness (QED) is 0.268. The number of anilines is 1. The Morgan fingerprint density at radius 3 is 2.52 bits per heavy atom. The molecule has 0 heterocycles. The largest absolute Gasteiger partial charge is 0.468 e. The zero-order chi connectivity index (χ0) is 18.1. The van der Waals surface area contributed by atoms with E-state index < -0.39 is 22.9 Å². The van der Waals surface area contributed by atoms with E-state index in [1.807, 2.05) is 0 Å². The van der Waals surface area contributed by atoms with E-state index >= 15 is 0 Å². The van der Waals surface area contributed by atoms with Crippen LogP contribution in [0.15, 0.2) is 18.2 Å². The van der Waals surface area contributed by atoms with E-state index in [0.717, 1.165) is 0 Å². The van der Waals surface area contributed by atoms with Gasteiger partial charge in [-0.05, 0) is 25.3 Å². The highest BCUT2D eigenvalue weighted by Gasteiger charge is 2.17. The molecule has 0 bridgehead atoms. The van der Waals surface area contributed by atoms with Gasteiger partial charge in [-0.15, -0.1) is 17.0 Å². The number of nitrogens with two attached hydrogens (primary N) is 1. The number of unbranched alkanes of at least 4 members (excludes halogenated alkanes) is 1. The van der Waals surface area contributed by atoms with Crippen molar-refractivity contribution < 1.29 is 24.0 Å². The van der Waals surface area contributed by atoms with Crippen molar-refractivity contribution in [2.75, 3.05) is 26.1 Å². The van der Waals surface area contributed by atoms with Crippen LogP contribution >= 0.6 is 17.0 Å². The number of ether oxygens (including phenoxy) is 2. The second-order valence-corrected chi connectivity index (χ2v) is 5.03. The summed E-state index contributed by atoms with van der Waals surface area (Å²) in [7, 11) is 2.49. The van der Waals surface area contributed by atoms with Crippen LogP contribution in [0.1, 0.15) is 29.6 Å². The first-order valence-electron chi connectivity index (χ1n) is 7.34. The lowest BCUT2D eigenvalue weighted by Gasteiger charge is -2.12. The molecule has 0 radical (unpaired) electrons. The SMILES string of the molecule is Br.COC(=O)c1cc([N+](=O)[O-])ccc1NCCCC[C@H](N)C(=O)OC. The number of nitro benzene ring substituents is 1. The van der Waals surface area contributed by atoms with Crippen molar-refractivity contribution in [3.05, 3.63) is 33.9 Å². The number of nitrogens with zero attached hydrogens (tertiary/aromatic N) is 1. The third kappa shape index (κ3) is 7.06. The molecule has 0 aliphatic heterocycles. The lowest BCUT2D eigenvalue weighted by molar-refractivity contribution is -0.384. The number of hydrogen-bond donors (Lipinski definition) is 2. The van der Waals surface area contributed by atoms with Gasteiger partial charge in [-0.3, -0.25) is 14.9 Å². The van der Waals surface area contributed by atoms with Crippen LogP contribution in [0.25, 0.3) is 0 Å². The molecule has 0 aliphatic rings. The van der Waals surface area contributed by atoms with Crippen molar-refractivity contribution in [3.8, 4) is 0 Å². The average molecular weight is 420 g/mol. The standard InChI is InChI=1S/C15H21N3O6.BrH/c1-23-14(19)11-9-10(18(21)22)6-7-13(11)17-8-4-3-5-12(16)15(20)24-2;/h6-7,9,12,17H,3-5,8,16H2,1-2H3;1H/t12-;/m0./s1. The van der Waals surface area contributed by atoms with Crippen LogP contribution in [0.5, 0.6) is 0 Å². The number of esters is 2. The molecule has 10 heteroatoms. The van der Waals surface area contributed by atoms with E-state index in [1.165, 1.54) is 32.4 Å². The minimum absolute atomic E-state index is 0. The molecule has 0 aromatic heterocycles. The Morgan fingerprint density at radius 1 is 1.28 bits per heavy atom. The molecule has 1 atom stereocenters. The molecule has 1 aromatic carbocycles. The van der Waals surface area contributed by atoms with E-state index in [4.69, 9.17) is 5.73 Å². The Bertz CT molecular complexity index is 611. The van der Waals surface area contributed by atoms with Crippen LogP contribution in [0.4, 0.5) is 11.4 Å². The maximum absolute atomic E-state index is 11.7. The third-order valence-corrected chi connectivity index (χ3v) is 3.38. The zero-order valence-electron chi connectivity index (χ0n) is 14.0. The summed E-state index contributed by atoms with van der Waals surface area (Å²) in [6, 6.07) is 3.29. The van der Waals surface area contributed by atoms with Crippen molar-refractivity contribution in [3.63, 3.8) is 0 Å². The number of rotatable bonds is 9. The van der Waals surface area contributed by atoms with Gasteiger partial charge in [0.25, 0.3) is 5.69 Å². The Balaban J connectivity index is 0.00000576. The minimum atomic E-state index is -0.658. The molecule has 1 rings (SSSR count). The monoisotopic (exact) mass is 419 g/mol. The van der Waals surface area contributed by atoms with Gasteiger partial charge in [-0.25, -0.2) is 4.79 Å². The number of benzene rings is 1. The molecule has 0 spiro atoms.